The predicted octanol–water partition coefficient (Wildman–Crippen LogP) is 0.805. The smallest absolute Gasteiger partial charge is 0.309 e. The average molecular weight is 237 g/mol. The fourth-order valence-electron chi connectivity index (χ4n) is 2.37. The lowest BCUT2D eigenvalue weighted by molar-refractivity contribution is -0.147. The Labute approximate surface area is 101 Å². The number of ether oxygens (including phenoxy) is 1. The quantitative estimate of drug-likeness (QED) is 0.730. The highest BCUT2D eigenvalue weighted by Gasteiger charge is 2.26. The van der Waals surface area contributed by atoms with Gasteiger partial charge in [-0.15, -0.1) is 0 Å². The molecular formula is C12H19N3O2. The summed E-state index contributed by atoms with van der Waals surface area (Å²) in [7, 11) is 3.37. The van der Waals surface area contributed by atoms with Gasteiger partial charge in [-0.25, -0.2) is 0 Å². The molecule has 1 unspecified atom stereocenters. The van der Waals surface area contributed by atoms with Gasteiger partial charge in [-0.2, -0.15) is 5.10 Å². The molecule has 0 bridgehead atoms. The first kappa shape index (κ1) is 12.1. The van der Waals surface area contributed by atoms with Crippen molar-refractivity contribution in [3.8, 4) is 0 Å². The van der Waals surface area contributed by atoms with Gasteiger partial charge in [-0.1, -0.05) is 0 Å². The van der Waals surface area contributed by atoms with E-state index in [1.807, 2.05) is 19.4 Å². The summed E-state index contributed by atoms with van der Waals surface area (Å²) in [5.41, 5.74) is 1.19. The van der Waals surface area contributed by atoms with Crippen molar-refractivity contribution in [1.82, 2.24) is 14.7 Å². The summed E-state index contributed by atoms with van der Waals surface area (Å²) < 4.78 is 6.61. The monoisotopic (exact) mass is 237 g/mol. The Kier molecular flexibility index (Phi) is 3.78. The Balaban J connectivity index is 1.91. The van der Waals surface area contributed by atoms with E-state index >= 15 is 0 Å². The molecule has 1 aromatic heterocycles. The third-order valence-electron chi connectivity index (χ3n) is 3.20. The van der Waals surface area contributed by atoms with Crippen molar-refractivity contribution < 1.29 is 9.53 Å². The number of hydrogen-bond acceptors (Lipinski definition) is 4. The van der Waals surface area contributed by atoms with E-state index in [1.54, 1.807) is 4.68 Å². The van der Waals surface area contributed by atoms with Crippen LogP contribution in [-0.4, -0.2) is 40.8 Å². The van der Waals surface area contributed by atoms with Gasteiger partial charge in [0.15, 0.2) is 0 Å². The summed E-state index contributed by atoms with van der Waals surface area (Å²) >= 11 is 0. The van der Waals surface area contributed by atoms with Crippen LogP contribution in [-0.2, 0) is 23.1 Å². The second-order valence-corrected chi connectivity index (χ2v) is 4.62. The molecule has 2 rings (SSSR count). The van der Waals surface area contributed by atoms with E-state index in [9.17, 15) is 4.79 Å². The van der Waals surface area contributed by atoms with Crippen LogP contribution in [0, 0.1) is 5.92 Å². The molecule has 0 N–H and O–H groups in total. The van der Waals surface area contributed by atoms with Gasteiger partial charge in [0.05, 0.1) is 19.2 Å². The normalized spacial score (nSPS) is 21.4. The van der Waals surface area contributed by atoms with Crippen molar-refractivity contribution >= 4 is 5.97 Å². The summed E-state index contributed by atoms with van der Waals surface area (Å²) in [4.78, 5) is 13.8. The van der Waals surface area contributed by atoms with Gasteiger partial charge in [0.2, 0.25) is 0 Å². The molecule has 0 amide bonds. The summed E-state index contributed by atoms with van der Waals surface area (Å²) in [5, 5.41) is 4.15. The first-order chi connectivity index (χ1) is 8.19. The van der Waals surface area contributed by atoms with Crippen LogP contribution in [0.3, 0.4) is 0 Å². The average Bonchev–Trinajstić information content (AvgIpc) is 2.74. The van der Waals surface area contributed by atoms with Gasteiger partial charge in [-0.05, 0) is 19.4 Å². The van der Waals surface area contributed by atoms with Gasteiger partial charge < -0.3 is 4.74 Å². The minimum atomic E-state index is -0.0825. The number of carbonyl (C=O) groups excluding carboxylic acids is 1. The van der Waals surface area contributed by atoms with Gasteiger partial charge >= 0.3 is 5.97 Å². The van der Waals surface area contributed by atoms with Crippen molar-refractivity contribution in [2.45, 2.75) is 19.4 Å². The Hall–Kier alpha value is -1.36. The van der Waals surface area contributed by atoms with Crippen LogP contribution in [0.4, 0.5) is 0 Å². The molecule has 5 heteroatoms. The molecule has 1 aliphatic heterocycles. The zero-order valence-corrected chi connectivity index (χ0v) is 10.4. The third-order valence-corrected chi connectivity index (χ3v) is 3.20. The lowest BCUT2D eigenvalue weighted by Crippen LogP contribution is -2.38. The highest BCUT2D eigenvalue weighted by Crippen LogP contribution is 2.19. The van der Waals surface area contributed by atoms with E-state index < -0.39 is 0 Å². The van der Waals surface area contributed by atoms with E-state index in [0.717, 1.165) is 32.5 Å². The van der Waals surface area contributed by atoms with E-state index in [-0.39, 0.29) is 11.9 Å². The fourth-order valence-corrected chi connectivity index (χ4v) is 2.37. The molecular weight excluding hydrogens is 218 g/mol. The maximum atomic E-state index is 11.5. The first-order valence-corrected chi connectivity index (χ1v) is 5.96. The Bertz CT molecular complexity index is 389. The van der Waals surface area contributed by atoms with E-state index in [4.69, 9.17) is 4.74 Å². The van der Waals surface area contributed by atoms with E-state index in [1.165, 1.54) is 12.7 Å². The van der Waals surface area contributed by atoms with Gasteiger partial charge in [-0.3, -0.25) is 14.4 Å². The molecule has 1 aliphatic rings. The lowest BCUT2D eigenvalue weighted by atomic mass is 9.98. The van der Waals surface area contributed by atoms with Crippen molar-refractivity contribution in [3.63, 3.8) is 0 Å². The molecule has 2 heterocycles. The third kappa shape index (κ3) is 3.06. The van der Waals surface area contributed by atoms with Crippen molar-refractivity contribution in [2.24, 2.45) is 13.0 Å². The molecule has 1 atom stereocenters. The van der Waals surface area contributed by atoms with Gasteiger partial charge in [0, 0.05) is 31.9 Å². The van der Waals surface area contributed by atoms with Crippen LogP contribution in [0.1, 0.15) is 18.4 Å². The number of nitrogens with zero attached hydrogens (tertiary/aromatic N) is 3. The van der Waals surface area contributed by atoms with Crippen molar-refractivity contribution in [1.29, 1.82) is 0 Å². The Morgan fingerprint density at radius 3 is 3.12 bits per heavy atom. The number of rotatable bonds is 3. The Morgan fingerprint density at radius 1 is 1.65 bits per heavy atom. The Morgan fingerprint density at radius 2 is 2.47 bits per heavy atom. The molecule has 1 fully saturated rings. The second-order valence-electron chi connectivity index (χ2n) is 4.62. The van der Waals surface area contributed by atoms with Crippen LogP contribution in [0.2, 0.25) is 0 Å². The lowest BCUT2D eigenvalue weighted by Gasteiger charge is -2.30. The maximum absolute atomic E-state index is 11.5. The summed E-state index contributed by atoms with van der Waals surface area (Å²) in [6.45, 7) is 2.70. The zero-order valence-electron chi connectivity index (χ0n) is 10.4. The fraction of sp³-hybridized carbons (Fsp3) is 0.667. The topological polar surface area (TPSA) is 47.4 Å². The largest absolute Gasteiger partial charge is 0.469 e. The summed E-state index contributed by atoms with van der Waals surface area (Å²) in [6.07, 6.45) is 5.89. The molecule has 5 nitrogen and oxygen atoms in total. The number of likely N-dealkylation sites (tertiary alicyclic amines) is 1. The highest BCUT2D eigenvalue weighted by molar-refractivity contribution is 5.72. The SMILES string of the molecule is COC(=O)C1CCCN(Cc2cnn(C)c2)C1. The molecule has 17 heavy (non-hydrogen) atoms. The summed E-state index contributed by atoms with van der Waals surface area (Å²) in [5.74, 6) is -0.0497. The molecule has 0 aromatic carbocycles. The van der Waals surface area contributed by atoms with Crippen LogP contribution in [0.15, 0.2) is 12.4 Å². The second kappa shape index (κ2) is 5.31. The molecule has 1 saturated heterocycles. The standard InChI is InChI=1S/C12H19N3O2/c1-14-7-10(6-13-14)8-15-5-3-4-11(9-15)12(16)17-2/h6-7,11H,3-5,8-9H2,1-2H3. The van der Waals surface area contributed by atoms with E-state index in [0.29, 0.717) is 0 Å². The minimum absolute atomic E-state index is 0.0328. The minimum Gasteiger partial charge on any atom is -0.469 e. The molecule has 0 saturated carbocycles. The van der Waals surface area contributed by atoms with Crippen molar-refractivity contribution in [2.75, 3.05) is 20.2 Å². The van der Waals surface area contributed by atoms with Gasteiger partial charge in [0.1, 0.15) is 0 Å². The maximum Gasteiger partial charge on any atom is 0.309 e. The molecule has 94 valence electrons. The first-order valence-electron chi connectivity index (χ1n) is 5.96. The molecule has 0 radical (unpaired) electrons. The molecule has 1 aromatic rings. The van der Waals surface area contributed by atoms with Crippen LogP contribution >= 0.6 is 0 Å². The number of aryl methyl sites for hydroxylation is 1. The van der Waals surface area contributed by atoms with Crippen molar-refractivity contribution in [3.05, 3.63) is 18.0 Å². The predicted molar refractivity (Wildman–Crippen MR) is 63.2 cm³/mol. The van der Waals surface area contributed by atoms with E-state index in [2.05, 4.69) is 10.00 Å². The van der Waals surface area contributed by atoms with Crippen LogP contribution < -0.4 is 0 Å². The van der Waals surface area contributed by atoms with Crippen LogP contribution in [0.5, 0.6) is 0 Å². The zero-order chi connectivity index (χ0) is 12.3. The number of hydrogen-bond donors (Lipinski definition) is 0. The van der Waals surface area contributed by atoms with Gasteiger partial charge in [0.25, 0.3) is 0 Å². The molecule has 0 spiro atoms. The number of piperidine rings is 1. The number of methoxy groups -OCH3 is 1. The number of carbonyl (C=O) groups is 1. The highest BCUT2D eigenvalue weighted by atomic mass is 16.5. The summed E-state index contributed by atoms with van der Waals surface area (Å²) in [6, 6.07) is 0. The number of esters is 1. The molecule has 0 aliphatic carbocycles. The number of aromatic nitrogens is 2. The van der Waals surface area contributed by atoms with Crippen LogP contribution in [0.25, 0.3) is 0 Å².